The van der Waals surface area contributed by atoms with E-state index >= 15 is 0 Å². The van der Waals surface area contributed by atoms with Crippen molar-refractivity contribution in [2.45, 2.75) is 69.5 Å². The number of nitrogens with zero attached hydrogens (tertiary/aromatic N) is 4. The number of thioether (sulfide) groups is 1. The lowest BCUT2D eigenvalue weighted by Gasteiger charge is -2.28. The molecule has 0 N–H and O–H groups in total. The molecule has 2 aliphatic rings. The molecular formula is C24H30N4O3S. The van der Waals surface area contributed by atoms with Crippen LogP contribution in [0.2, 0.25) is 0 Å². The third-order valence-corrected chi connectivity index (χ3v) is 7.56. The van der Waals surface area contributed by atoms with Crippen molar-refractivity contribution in [3.63, 3.8) is 0 Å². The van der Waals surface area contributed by atoms with Crippen LogP contribution in [0.3, 0.4) is 0 Å². The largest absolute Gasteiger partial charge is 0.423 e. The fraction of sp³-hybridized carbons (Fsp3) is 0.542. The number of hydrogen-bond donors (Lipinski definition) is 0. The highest BCUT2D eigenvalue weighted by molar-refractivity contribution is 7.98. The summed E-state index contributed by atoms with van der Waals surface area (Å²) in [4.78, 5) is 14.5. The third-order valence-electron chi connectivity index (χ3n) is 6.55. The molecule has 8 heteroatoms. The summed E-state index contributed by atoms with van der Waals surface area (Å²) in [5.74, 6) is 1.58. The maximum absolute atomic E-state index is 12.2. The molecule has 0 spiro atoms. The number of ether oxygens (including phenoxy) is 1. The second-order valence-corrected chi connectivity index (χ2v) is 9.83. The van der Waals surface area contributed by atoms with Gasteiger partial charge in [0.2, 0.25) is 5.95 Å². The van der Waals surface area contributed by atoms with Crippen molar-refractivity contribution < 1.29 is 9.15 Å². The lowest BCUT2D eigenvalue weighted by atomic mass is 10.0. The summed E-state index contributed by atoms with van der Waals surface area (Å²) in [6.07, 6.45) is 6.06. The van der Waals surface area contributed by atoms with E-state index in [1.165, 1.54) is 24.8 Å². The average molecular weight is 455 g/mol. The quantitative estimate of drug-likeness (QED) is 0.402. The molecule has 2 saturated heterocycles. The highest BCUT2D eigenvalue weighted by atomic mass is 32.2. The van der Waals surface area contributed by atoms with Gasteiger partial charge in [0.05, 0.1) is 12.6 Å². The van der Waals surface area contributed by atoms with Gasteiger partial charge in [-0.1, -0.05) is 11.8 Å². The molecule has 2 aliphatic heterocycles. The Morgan fingerprint density at radius 1 is 1.06 bits per heavy atom. The van der Waals surface area contributed by atoms with Gasteiger partial charge in [-0.05, 0) is 74.8 Å². The van der Waals surface area contributed by atoms with Gasteiger partial charge >= 0.3 is 5.63 Å². The molecule has 2 fully saturated rings. The van der Waals surface area contributed by atoms with E-state index < -0.39 is 0 Å². The maximum Gasteiger partial charge on any atom is 0.336 e. The van der Waals surface area contributed by atoms with Crippen LogP contribution in [0.1, 0.15) is 48.8 Å². The van der Waals surface area contributed by atoms with Crippen molar-refractivity contribution in [2.75, 3.05) is 24.6 Å². The van der Waals surface area contributed by atoms with Gasteiger partial charge in [0.25, 0.3) is 0 Å². The Kier molecular flexibility index (Phi) is 6.24. The molecule has 7 nitrogen and oxygen atoms in total. The van der Waals surface area contributed by atoms with Crippen LogP contribution in [0.4, 0.5) is 5.95 Å². The van der Waals surface area contributed by atoms with E-state index in [-0.39, 0.29) is 11.7 Å². The molecule has 0 amide bonds. The van der Waals surface area contributed by atoms with Crippen molar-refractivity contribution >= 4 is 28.7 Å². The van der Waals surface area contributed by atoms with Crippen molar-refractivity contribution in [2.24, 2.45) is 0 Å². The predicted molar refractivity (Wildman–Crippen MR) is 127 cm³/mol. The van der Waals surface area contributed by atoms with Crippen LogP contribution >= 0.6 is 11.8 Å². The SMILES string of the molecule is Cc1cc2oc(=O)cc(CSc3nnc(N4CCCCC4)n3CC3CCCO3)c2cc1C. The summed E-state index contributed by atoms with van der Waals surface area (Å²) in [5, 5.41) is 11.0. The summed E-state index contributed by atoms with van der Waals surface area (Å²) in [6, 6.07) is 5.67. The zero-order chi connectivity index (χ0) is 22.1. The normalized spacial score (nSPS) is 19.2. The van der Waals surface area contributed by atoms with Gasteiger partial charge in [-0.15, -0.1) is 10.2 Å². The highest BCUT2D eigenvalue weighted by Gasteiger charge is 2.25. The lowest BCUT2D eigenvalue weighted by molar-refractivity contribution is 0.0951. The van der Waals surface area contributed by atoms with E-state index in [1.54, 1.807) is 17.8 Å². The van der Waals surface area contributed by atoms with Crippen LogP contribution < -0.4 is 10.5 Å². The van der Waals surface area contributed by atoms with E-state index in [0.29, 0.717) is 11.3 Å². The summed E-state index contributed by atoms with van der Waals surface area (Å²) < 4.78 is 13.6. The molecule has 0 aliphatic carbocycles. The molecule has 1 unspecified atom stereocenters. The Bertz CT molecular complexity index is 1160. The zero-order valence-corrected chi connectivity index (χ0v) is 19.6. The van der Waals surface area contributed by atoms with E-state index in [0.717, 1.165) is 66.7 Å². The zero-order valence-electron chi connectivity index (χ0n) is 18.8. The predicted octanol–water partition coefficient (Wildman–Crippen LogP) is 4.46. The first-order valence-corrected chi connectivity index (χ1v) is 12.5. The molecule has 1 atom stereocenters. The van der Waals surface area contributed by atoms with Crippen LogP contribution in [-0.4, -0.2) is 40.6 Å². The Morgan fingerprint density at radius 2 is 1.88 bits per heavy atom. The third kappa shape index (κ3) is 4.43. The number of piperidine rings is 1. The minimum atomic E-state index is -0.314. The molecule has 5 rings (SSSR count). The topological polar surface area (TPSA) is 73.4 Å². The van der Waals surface area contributed by atoms with Gasteiger partial charge in [0, 0.05) is 36.9 Å². The summed E-state index contributed by atoms with van der Waals surface area (Å²) in [7, 11) is 0. The molecule has 2 aromatic heterocycles. The number of hydrogen-bond acceptors (Lipinski definition) is 7. The Morgan fingerprint density at radius 3 is 2.66 bits per heavy atom. The van der Waals surface area contributed by atoms with Crippen LogP contribution in [0.25, 0.3) is 11.0 Å². The summed E-state index contributed by atoms with van der Waals surface area (Å²) in [5.41, 5.74) is 3.60. The standard InChI is InChI=1S/C24H30N4O3S/c1-16-11-20-18(13-22(29)31-21(20)12-17(16)2)15-32-24-26-25-23(27-8-4-3-5-9-27)28(24)14-19-7-6-10-30-19/h11-13,19H,3-10,14-15H2,1-2H3. The van der Waals surface area contributed by atoms with Gasteiger partial charge in [-0.3, -0.25) is 4.57 Å². The molecule has 170 valence electrons. The molecule has 1 aromatic carbocycles. The number of aryl methyl sites for hydroxylation is 2. The Balaban J connectivity index is 1.44. The smallest absolute Gasteiger partial charge is 0.336 e. The number of fused-ring (bicyclic) bond motifs is 1. The number of anilines is 1. The van der Waals surface area contributed by atoms with E-state index in [4.69, 9.17) is 9.15 Å². The molecule has 0 radical (unpaired) electrons. The van der Waals surface area contributed by atoms with Gasteiger partial charge in [0.15, 0.2) is 5.16 Å². The van der Waals surface area contributed by atoms with E-state index in [9.17, 15) is 4.79 Å². The highest BCUT2D eigenvalue weighted by Crippen LogP contribution is 2.31. The van der Waals surface area contributed by atoms with Crippen LogP contribution in [0.15, 0.2) is 32.6 Å². The first-order valence-electron chi connectivity index (χ1n) is 11.5. The number of rotatable bonds is 6. The fourth-order valence-electron chi connectivity index (χ4n) is 4.61. The number of benzene rings is 1. The van der Waals surface area contributed by atoms with Crippen molar-refractivity contribution in [3.8, 4) is 0 Å². The molecule has 3 aromatic rings. The fourth-order valence-corrected chi connectivity index (χ4v) is 5.55. The van der Waals surface area contributed by atoms with Crippen LogP contribution in [-0.2, 0) is 17.0 Å². The average Bonchev–Trinajstić information content (AvgIpc) is 3.44. The molecule has 0 bridgehead atoms. The lowest BCUT2D eigenvalue weighted by Crippen LogP contribution is -2.33. The number of aromatic nitrogens is 3. The van der Waals surface area contributed by atoms with Gasteiger partial charge in [-0.2, -0.15) is 0 Å². The minimum Gasteiger partial charge on any atom is -0.423 e. The van der Waals surface area contributed by atoms with Gasteiger partial charge in [0.1, 0.15) is 5.58 Å². The minimum absolute atomic E-state index is 0.212. The van der Waals surface area contributed by atoms with Gasteiger partial charge < -0.3 is 14.1 Å². The van der Waals surface area contributed by atoms with Crippen LogP contribution in [0, 0.1) is 13.8 Å². The maximum atomic E-state index is 12.2. The van der Waals surface area contributed by atoms with E-state index in [1.807, 2.05) is 13.0 Å². The van der Waals surface area contributed by atoms with Gasteiger partial charge in [-0.25, -0.2) is 4.79 Å². The molecular weight excluding hydrogens is 424 g/mol. The summed E-state index contributed by atoms with van der Waals surface area (Å²) >= 11 is 1.63. The molecule has 4 heterocycles. The van der Waals surface area contributed by atoms with Crippen molar-refractivity contribution in [1.29, 1.82) is 0 Å². The molecule has 0 saturated carbocycles. The van der Waals surface area contributed by atoms with Crippen molar-refractivity contribution in [3.05, 3.63) is 45.3 Å². The monoisotopic (exact) mass is 454 g/mol. The Labute approximate surface area is 192 Å². The first kappa shape index (κ1) is 21.5. The summed E-state index contributed by atoms with van der Waals surface area (Å²) in [6.45, 7) is 7.77. The van der Waals surface area contributed by atoms with Crippen LogP contribution in [0.5, 0.6) is 0 Å². The van der Waals surface area contributed by atoms with Crippen molar-refractivity contribution in [1.82, 2.24) is 14.8 Å². The second kappa shape index (κ2) is 9.27. The molecule has 32 heavy (non-hydrogen) atoms. The first-order chi connectivity index (χ1) is 15.6. The van der Waals surface area contributed by atoms with E-state index in [2.05, 4.69) is 32.7 Å². The Hall–Kier alpha value is -2.32. The second-order valence-electron chi connectivity index (χ2n) is 8.89.